The van der Waals surface area contributed by atoms with Gasteiger partial charge >= 0.3 is 12.2 Å². The van der Waals surface area contributed by atoms with Gasteiger partial charge < -0.3 is 20.4 Å². The van der Waals surface area contributed by atoms with Crippen LogP contribution in [0.15, 0.2) is 35.5 Å². The third kappa shape index (κ3) is 8.67. The van der Waals surface area contributed by atoms with E-state index < -0.39 is 11.7 Å². The van der Waals surface area contributed by atoms with Gasteiger partial charge in [-0.1, -0.05) is 48.8 Å². The van der Waals surface area contributed by atoms with Crippen LogP contribution in [0.3, 0.4) is 0 Å². The summed E-state index contributed by atoms with van der Waals surface area (Å²) in [6.07, 6.45) is -2.50. The molecule has 3 rings (SSSR count). The van der Waals surface area contributed by atoms with E-state index in [9.17, 15) is 22.8 Å². The topological polar surface area (TPSA) is 90.5 Å². The number of unbranched alkanes of at least 4 members (excludes halogenated alkanes) is 1. The van der Waals surface area contributed by atoms with Crippen molar-refractivity contribution >= 4 is 41.1 Å². The summed E-state index contributed by atoms with van der Waals surface area (Å²) in [7, 11) is 0. The summed E-state index contributed by atoms with van der Waals surface area (Å²) in [5, 5.41) is 6.09. The lowest BCUT2D eigenvalue weighted by Gasteiger charge is -2.40. The number of thioether (sulfide) groups is 1. The van der Waals surface area contributed by atoms with Gasteiger partial charge in [0.25, 0.3) is 0 Å². The first-order chi connectivity index (χ1) is 17.6. The van der Waals surface area contributed by atoms with E-state index in [1.165, 1.54) is 12.1 Å². The second-order valence-corrected chi connectivity index (χ2v) is 10.00. The summed E-state index contributed by atoms with van der Waals surface area (Å²) in [6, 6.07) is 6.34. The summed E-state index contributed by atoms with van der Waals surface area (Å²) in [5.41, 5.74) is -0.414. The Morgan fingerprint density at radius 2 is 1.97 bits per heavy atom. The van der Waals surface area contributed by atoms with E-state index >= 15 is 0 Å². The number of piperazine rings is 1. The van der Waals surface area contributed by atoms with Crippen molar-refractivity contribution in [2.75, 3.05) is 36.8 Å². The number of anilines is 1. The number of aromatic nitrogens is 2. The van der Waals surface area contributed by atoms with Crippen molar-refractivity contribution in [1.29, 1.82) is 0 Å². The van der Waals surface area contributed by atoms with Crippen molar-refractivity contribution in [2.45, 2.75) is 50.6 Å². The monoisotopic (exact) mass is 558 g/mol. The predicted octanol–water partition coefficient (Wildman–Crippen LogP) is 4.58. The van der Waals surface area contributed by atoms with Gasteiger partial charge in [0.1, 0.15) is 11.0 Å². The molecule has 1 aromatic carbocycles. The van der Waals surface area contributed by atoms with Crippen LogP contribution in [-0.4, -0.2) is 64.8 Å². The number of urea groups is 1. The van der Waals surface area contributed by atoms with Gasteiger partial charge in [-0.15, -0.1) is 0 Å². The van der Waals surface area contributed by atoms with E-state index in [1.807, 2.05) is 11.8 Å². The first-order valence-electron chi connectivity index (χ1n) is 12.0. The van der Waals surface area contributed by atoms with Crippen LogP contribution in [0.4, 0.5) is 23.8 Å². The quantitative estimate of drug-likeness (QED) is 0.203. The largest absolute Gasteiger partial charge is 0.416 e. The fraction of sp³-hybridized carbons (Fsp3) is 0.500. The van der Waals surface area contributed by atoms with Gasteiger partial charge in [-0.05, 0) is 31.0 Å². The van der Waals surface area contributed by atoms with E-state index in [4.69, 9.17) is 11.6 Å². The summed E-state index contributed by atoms with van der Waals surface area (Å²) >= 11 is 7.29. The van der Waals surface area contributed by atoms with Crippen molar-refractivity contribution < 1.29 is 22.8 Å². The minimum atomic E-state index is -4.44. The fourth-order valence-electron chi connectivity index (χ4n) is 3.79. The molecule has 0 saturated carbocycles. The highest BCUT2D eigenvalue weighted by molar-refractivity contribution is 7.99. The molecule has 0 aliphatic carbocycles. The molecule has 2 aromatic rings. The van der Waals surface area contributed by atoms with Crippen LogP contribution < -0.4 is 15.5 Å². The van der Waals surface area contributed by atoms with Crippen molar-refractivity contribution in [1.82, 2.24) is 25.5 Å². The fourth-order valence-corrected chi connectivity index (χ4v) is 4.70. The molecule has 0 radical (unpaired) electrons. The molecular formula is C24H30ClF3N6O2S. The molecule has 8 nitrogen and oxygen atoms in total. The lowest BCUT2D eigenvalue weighted by atomic mass is 10.1. The van der Waals surface area contributed by atoms with Gasteiger partial charge in [0, 0.05) is 44.8 Å². The smallest absolute Gasteiger partial charge is 0.353 e. The number of nitrogens with zero attached hydrogens (tertiary/aromatic N) is 4. The number of carbonyl (C=O) groups excluding carboxylic acids is 2. The van der Waals surface area contributed by atoms with E-state index in [0.717, 1.165) is 36.7 Å². The van der Waals surface area contributed by atoms with Crippen molar-refractivity contribution in [3.05, 3.63) is 46.6 Å². The minimum absolute atomic E-state index is 0.0269. The van der Waals surface area contributed by atoms with Crippen molar-refractivity contribution in [3.8, 4) is 0 Å². The van der Waals surface area contributed by atoms with Crippen LogP contribution in [0.5, 0.6) is 0 Å². The molecule has 37 heavy (non-hydrogen) atoms. The molecule has 2 N–H and O–H groups in total. The number of rotatable bonds is 9. The Labute approximate surface area is 223 Å². The molecule has 13 heteroatoms. The zero-order valence-corrected chi connectivity index (χ0v) is 22.2. The zero-order valence-electron chi connectivity index (χ0n) is 20.6. The van der Waals surface area contributed by atoms with Gasteiger partial charge in [-0.25, -0.2) is 14.8 Å². The molecule has 1 unspecified atom stereocenters. The van der Waals surface area contributed by atoms with Crippen LogP contribution in [-0.2, 0) is 17.5 Å². The molecule has 0 bridgehead atoms. The third-order valence-corrected chi connectivity index (χ3v) is 6.80. The number of amides is 3. The van der Waals surface area contributed by atoms with Crippen LogP contribution >= 0.6 is 23.4 Å². The van der Waals surface area contributed by atoms with Crippen LogP contribution in [0.1, 0.15) is 37.8 Å². The Kier molecular flexibility index (Phi) is 10.3. The van der Waals surface area contributed by atoms with Crippen molar-refractivity contribution in [2.24, 2.45) is 0 Å². The van der Waals surface area contributed by atoms with E-state index in [0.29, 0.717) is 42.7 Å². The van der Waals surface area contributed by atoms with Gasteiger partial charge in [0.15, 0.2) is 5.16 Å². The van der Waals surface area contributed by atoms with E-state index in [1.54, 1.807) is 11.0 Å². The van der Waals surface area contributed by atoms with Gasteiger partial charge in [0.05, 0.1) is 11.3 Å². The average molecular weight is 559 g/mol. The Balaban J connectivity index is 1.53. The zero-order chi connectivity index (χ0) is 27.0. The second-order valence-electron chi connectivity index (χ2n) is 8.67. The average Bonchev–Trinajstić information content (AvgIpc) is 2.85. The van der Waals surface area contributed by atoms with Gasteiger partial charge in [-0.3, -0.25) is 4.79 Å². The first-order valence-corrected chi connectivity index (χ1v) is 13.3. The summed E-state index contributed by atoms with van der Waals surface area (Å²) in [5.74, 6) is 0.203. The number of nitrogens with one attached hydrogen (secondary N) is 2. The maximum atomic E-state index is 12.9. The number of benzene rings is 1. The highest BCUT2D eigenvalue weighted by atomic mass is 35.5. The molecule has 1 fully saturated rings. The molecule has 1 aliphatic rings. The summed E-state index contributed by atoms with van der Waals surface area (Å²) in [6.45, 7) is 6.33. The van der Waals surface area contributed by atoms with Crippen molar-refractivity contribution in [3.63, 3.8) is 0 Å². The number of alkyl halides is 3. The highest BCUT2D eigenvalue weighted by Crippen LogP contribution is 2.29. The third-order valence-electron chi connectivity index (χ3n) is 5.76. The SMILES string of the molecule is CCCCNC(=O)N1CCN(c2cc(Cl)nc(SCC(=O)NCc3cccc(C(F)(F)F)c3)n2)CC1C. The molecule has 202 valence electrons. The van der Waals surface area contributed by atoms with Gasteiger partial charge in [-0.2, -0.15) is 13.2 Å². The Bertz CT molecular complexity index is 1090. The van der Waals surface area contributed by atoms with Crippen LogP contribution in [0.2, 0.25) is 5.15 Å². The lowest BCUT2D eigenvalue weighted by molar-refractivity contribution is -0.137. The predicted molar refractivity (Wildman–Crippen MR) is 138 cm³/mol. The Morgan fingerprint density at radius 3 is 2.68 bits per heavy atom. The lowest BCUT2D eigenvalue weighted by Crippen LogP contribution is -2.56. The first kappa shape index (κ1) is 28.8. The number of hydrogen-bond acceptors (Lipinski definition) is 6. The maximum Gasteiger partial charge on any atom is 0.416 e. The van der Waals surface area contributed by atoms with Gasteiger partial charge in [0.2, 0.25) is 5.91 Å². The Morgan fingerprint density at radius 1 is 1.19 bits per heavy atom. The maximum absolute atomic E-state index is 12.9. The highest BCUT2D eigenvalue weighted by Gasteiger charge is 2.30. The molecule has 1 saturated heterocycles. The number of carbonyl (C=O) groups is 2. The summed E-state index contributed by atoms with van der Waals surface area (Å²) in [4.78, 5) is 37.2. The Hall–Kier alpha value is -2.73. The second kappa shape index (κ2) is 13.2. The molecule has 1 atom stereocenters. The molecule has 2 heterocycles. The van der Waals surface area contributed by atoms with Crippen LogP contribution in [0.25, 0.3) is 0 Å². The molecule has 0 spiro atoms. The molecule has 3 amide bonds. The molecule has 1 aliphatic heterocycles. The van der Waals surface area contributed by atoms with E-state index in [-0.39, 0.29) is 35.4 Å². The van der Waals surface area contributed by atoms with Crippen LogP contribution in [0, 0.1) is 0 Å². The molecule has 1 aromatic heterocycles. The molecular weight excluding hydrogens is 529 g/mol. The summed E-state index contributed by atoms with van der Waals surface area (Å²) < 4.78 is 38.6. The standard InChI is InChI=1S/C24H30ClF3N6O2S/c1-3-4-8-29-23(36)34-10-9-33(14-16(34)2)20-12-19(25)31-22(32-20)37-15-21(35)30-13-17-6-5-7-18(11-17)24(26,27)28/h5-7,11-12,16H,3-4,8-10,13-15H2,1-2H3,(H,29,36)(H,30,35). The number of halogens is 4. The van der Waals surface area contributed by atoms with E-state index in [2.05, 4.69) is 27.5 Å². The normalized spacial score (nSPS) is 16.0. The minimum Gasteiger partial charge on any atom is -0.353 e. The number of hydrogen-bond donors (Lipinski definition) is 2.